The van der Waals surface area contributed by atoms with E-state index in [1.54, 1.807) is 0 Å². The molecular formula is C16H24N2O3. The first-order valence-corrected chi connectivity index (χ1v) is 8.19. The molecule has 0 spiro atoms. The average Bonchev–Trinajstić information content (AvgIpc) is 3.08. The lowest BCUT2D eigenvalue weighted by Crippen LogP contribution is -2.51. The van der Waals surface area contributed by atoms with Gasteiger partial charge in [-0.2, -0.15) is 0 Å². The average molecular weight is 292 g/mol. The summed E-state index contributed by atoms with van der Waals surface area (Å²) in [7, 11) is 0. The molecule has 1 aromatic heterocycles. The van der Waals surface area contributed by atoms with E-state index in [9.17, 15) is 0 Å². The van der Waals surface area contributed by atoms with Crippen LogP contribution < -0.4 is 0 Å². The van der Waals surface area contributed by atoms with Gasteiger partial charge in [-0.15, -0.1) is 0 Å². The Morgan fingerprint density at radius 3 is 3.00 bits per heavy atom. The van der Waals surface area contributed by atoms with Crippen molar-refractivity contribution in [1.82, 2.24) is 10.1 Å². The van der Waals surface area contributed by atoms with Crippen molar-refractivity contribution in [2.75, 3.05) is 19.8 Å². The van der Waals surface area contributed by atoms with Crippen LogP contribution in [0.5, 0.6) is 0 Å². The molecule has 3 aliphatic rings. The molecule has 1 aliphatic heterocycles. The van der Waals surface area contributed by atoms with Gasteiger partial charge >= 0.3 is 0 Å². The van der Waals surface area contributed by atoms with Gasteiger partial charge in [0.15, 0.2) is 0 Å². The molecule has 0 amide bonds. The molecule has 1 aromatic rings. The Morgan fingerprint density at radius 1 is 1.33 bits per heavy atom. The van der Waals surface area contributed by atoms with E-state index in [0.29, 0.717) is 6.04 Å². The van der Waals surface area contributed by atoms with Crippen LogP contribution in [0.2, 0.25) is 0 Å². The molecule has 4 rings (SSSR count). The SMILES string of the molecule is Cc1cc(CN2CCO[C@H]3[C@@H](OCC4CC4)CC[C@@H]32)no1. The number of aryl methyl sites for hydroxylation is 1. The highest BCUT2D eigenvalue weighted by Crippen LogP contribution is 2.35. The van der Waals surface area contributed by atoms with E-state index in [1.807, 2.05) is 13.0 Å². The summed E-state index contributed by atoms with van der Waals surface area (Å²) in [6.45, 7) is 5.50. The van der Waals surface area contributed by atoms with Gasteiger partial charge in [0.2, 0.25) is 0 Å². The molecule has 2 heterocycles. The van der Waals surface area contributed by atoms with Crippen LogP contribution in [0.3, 0.4) is 0 Å². The van der Waals surface area contributed by atoms with Crippen LogP contribution in [0.1, 0.15) is 37.1 Å². The van der Waals surface area contributed by atoms with Crippen molar-refractivity contribution in [2.24, 2.45) is 5.92 Å². The highest BCUT2D eigenvalue weighted by atomic mass is 16.5. The second-order valence-corrected chi connectivity index (χ2v) is 6.69. The molecule has 0 aromatic carbocycles. The van der Waals surface area contributed by atoms with E-state index < -0.39 is 0 Å². The summed E-state index contributed by atoms with van der Waals surface area (Å²) in [6, 6.07) is 2.50. The fourth-order valence-electron chi connectivity index (χ4n) is 3.61. The molecule has 3 atom stereocenters. The summed E-state index contributed by atoms with van der Waals surface area (Å²) in [5.74, 6) is 1.70. The molecule has 2 saturated carbocycles. The predicted molar refractivity (Wildman–Crippen MR) is 76.9 cm³/mol. The molecular weight excluding hydrogens is 268 g/mol. The van der Waals surface area contributed by atoms with E-state index in [2.05, 4.69) is 10.1 Å². The number of hydrogen-bond donors (Lipinski definition) is 0. The lowest BCUT2D eigenvalue weighted by Gasteiger charge is -2.38. The zero-order valence-corrected chi connectivity index (χ0v) is 12.7. The Balaban J connectivity index is 1.38. The van der Waals surface area contributed by atoms with E-state index >= 15 is 0 Å². The molecule has 0 bridgehead atoms. The quantitative estimate of drug-likeness (QED) is 0.832. The summed E-state index contributed by atoms with van der Waals surface area (Å²) >= 11 is 0. The lowest BCUT2D eigenvalue weighted by molar-refractivity contribution is -0.116. The molecule has 5 nitrogen and oxygen atoms in total. The first kappa shape index (κ1) is 13.7. The van der Waals surface area contributed by atoms with Gasteiger partial charge < -0.3 is 14.0 Å². The maximum Gasteiger partial charge on any atom is 0.133 e. The number of rotatable bonds is 5. The Labute approximate surface area is 125 Å². The molecule has 2 aliphatic carbocycles. The molecule has 0 N–H and O–H groups in total. The topological polar surface area (TPSA) is 47.7 Å². The first-order chi connectivity index (χ1) is 10.3. The second-order valence-electron chi connectivity index (χ2n) is 6.69. The summed E-state index contributed by atoms with van der Waals surface area (Å²) in [5, 5.41) is 4.12. The van der Waals surface area contributed by atoms with Crippen molar-refractivity contribution < 1.29 is 14.0 Å². The van der Waals surface area contributed by atoms with E-state index in [-0.39, 0.29) is 12.2 Å². The summed E-state index contributed by atoms with van der Waals surface area (Å²) in [5.41, 5.74) is 1.02. The van der Waals surface area contributed by atoms with Gasteiger partial charge in [0.25, 0.3) is 0 Å². The second kappa shape index (κ2) is 5.71. The van der Waals surface area contributed by atoms with Gasteiger partial charge in [-0.25, -0.2) is 0 Å². The molecule has 116 valence electrons. The molecule has 1 saturated heterocycles. The number of morpholine rings is 1. The van der Waals surface area contributed by atoms with Crippen LogP contribution in [-0.2, 0) is 16.0 Å². The highest BCUT2D eigenvalue weighted by Gasteiger charge is 2.43. The minimum Gasteiger partial charge on any atom is -0.375 e. The van der Waals surface area contributed by atoms with Gasteiger partial charge in [-0.05, 0) is 38.5 Å². The monoisotopic (exact) mass is 292 g/mol. The van der Waals surface area contributed by atoms with Crippen molar-refractivity contribution in [2.45, 2.75) is 57.4 Å². The fraction of sp³-hybridized carbons (Fsp3) is 0.812. The molecule has 3 fully saturated rings. The minimum atomic E-state index is 0.241. The maximum absolute atomic E-state index is 6.11. The zero-order valence-electron chi connectivity index (χ0n) is 12.7. The third-order valence-corrected chi connectivity index (χ3v) is 4.94. The molecule has 21 heavy (non-hydrogen) atoms. The summed E-state index contributed by atoms with van der Waals surface area (Å²) in [4.78, 5) is 2.49. The highest BCUT2D eigenvalue weighted by molar-refractivity contribution is 5.05. The number of ether oxygens (including phenoxy) is 2. The van der Waals surface area contributed by atoms with Gasteiger partial charge in [-0.1, -0.05) is 5.16 Å². The molecule has 0 radical (unpaired) electrons. The smallest absolute Gasteiger partial charge is 0.133 e. The molecule has 0 unspecified atom stereocenters. The van der Waals surface area contributed by atoms with Gasteiger partial charge in [-0.3, -0.25) is 4.90 Å². The van der Waals surface area contributed by atoms with E-state index in [4.69, 9.17) is 14.0 Å². The number of hydrogen-bond acceptors (Lipinski definition) is 5. The normalized spacial score (nSPS) is 33.3. The van der Waals surface area contributed by atoms with E-state index in [0.717, 1.165) is 56.5 Å². The Bertz CT molecular complexity index is 486. The van der Waals surface area contributed by atoms with Crippen LogP contribution in [0.15, 0.2) is 10.6 Å². The van der Waals surface area contributed by atoms with Crippen LogP contribution in [0.4, 0.5) is 0 Å². The largest absolute Gasteiger partial charge is 0.375 e. The van der Waals surface area contributed by atoms with Crippen LogP contribution in [0, 0.1) is 12.8 Å². The van der Waals surface area contributed by atoms with Crippen LogP contribution in [-0.4, -0.2) is 48.1 Å². The van der Waals surface area contributed by atoms with Crippen molar-refractivity contribution >= 4 is 0 Å². The summed E-state index contributed by atoms with van der Waals surface area (Å²) < 4.78 is 17.3. The van der Waals surface area contributed by atoms with Gasteiger partial charge in [0.1, 0.15) is 5.76 Å². The number of aromatic nitrogens is 1. The van der Waals surface area contributed by atoms with Crippen LogP contribution in [0.25, 0.3) is 0 Å². The third-order valence-electron chi connectivity index (χ3n) is 4.94. The van der Waals surface area contributed by atoms with Crippen molar-refractivity contribution in [3.05, 3.63) is 17.5 Å². The zero-order chi connectivity index (χ0) is 14.2. The van der Waals surface area contributed by atoms with Crippen molar-refractivity contribution in [1.29, 1.82) is 0 Å². The third kappa shape index (κ3) is 3.00. The van der Waals surface area contributed by atoms with Crippen molar-refractivity contribution in [3.63, 3.8) is 0 Å². The maximum atomic E-state index is 6.11. The minimum absolute atomic E-state index is 0.241. The Hall–Kier alpha value is -0.910. The Morgan fingerprint density at radius 2 is 2.24 bits per heavy atom. The van der Waals surface area contributed by atoms with E-state index in [1.165, 1.54) is 12.8 Å². The lowest BCUT2D eigenvalue weighted by atomic mass is 10.1. The van der Waals surface area contributed by atoms with Crippen molar-refractivity contribution in [3.8, 4) is 0 Å². The van der Waals surface area contributed by atoms with Gasteiger partial charge in [0, 0.05) is 31.8 Å². The predicted octanol–water partition coefficient (Wildman–Crippen LogP) is 2.14. The van der Waals surface area contributed by atoms with Gasteiger partial charge in [0.05, 0.1) is 24.5 Å². The number of fused-ring (bicyclic) bond motifs is 1. The Kier molecular flexibility index (Phi) is 3.73. The first-order valence-electron chi connectivity index (χ1n) is 8.19. The fourth-order valence-corrected chi connectivity index (χ4v) is 3.61. The number of nitrogens with zero attached hydrogens (tertiary/aromatic N) is 2. The summed E-state index contributed by atoms with van der Waals surface area (Å²) in [6.07, 6.45) is 5.51. The van der Waals surface area contributed by atoms with Crippen LogP contribution >= 0.6 is 0 Å². The standard InChI is InChI=1S/C16H24N2O3/c1-11-8-13(17-21-11)9-18-6-7-19-16-14(18)4-5-15(16)20-10-12-2-3-12/h8,12,14-16H,2-7,9-10H2,1H3/t14-,15-,16+/m0/s1. The molecule has 5 heteroatoms.